The minimum Gasteiger partial charge on any atom is -0.394 e. The Hall–Kier alpha value is -2.27. The maximum atomic E-state index is 5.95. The molecule has 0 saturated heterocycles. The Morgan fingerprint density at radius 3 is 2.72 bits per heavy atom. The maximum Gasteiger partial charge on any atom is 0.150 e. The van der Waals surface area contributed by atoms with Gasteiger partial charge in [-0.1, -0.05) is 11.6 Å². The molecule has 3 rings (SSSR count). The molecule has 2 heterocycles. The number of nitrogens with two attached hydrogens (primary N) is 2. The molecular formula is C12H10ClN5. The second kappa shape index (κ2) is 3.89. The van der Waals surface area contributed by atoms with Crippen molar-refractivity contribution in [2.75, 3.05) is 11.5 Å². The molecule has 1 aromatic carbocycles. The highest BCUT2D eigenvalue weighted by Gasteiger charge is 2.10. The van der Waals surface area contributed by atoms with Crippen LogP contribution >= 0.6 is 11.6 Å². The average molecular weight is 260 g/mol. The molecule has 0 unspecified atom stereocenters. The first-order valence-electron chi connectivity index (χ1n) is 5.30. The topological polar surface area (TPSA) is 82.8 Å². The second-order valence-electron chi connectivity index (χ2n) is 3.89. The molecule has 4 N–H and O–H groups in total. The van der Waals surface area contributed by atoms with E-state index in [2.05, 4.69) is 10.1 Å². The Balaban J connectivity index is 2.33. The zero-order valence-electron chi connectivity index (χ0n) is 9.34. The summed E-state index contributed by atoms with van der Waals surface area (Å²) in [6.07, 6.45) is 3.21. The maximum absolute atomic E-state index is 5.95. The van der Waals surface area contributed by atoms with Crippen molar-refractivity contribution in [3.8, 4) is 5.69 Å². The number of benzene rings is 1. The number of nitrogen functional groups attached to an aromatic ring is 2. The van der Waals surface area contributed by atoms with Gasteiger partial charge in [-0.25, -0.2) is 4.68 Å². The lowest BCUT2D eigenvalue weighted by molar-refractivity contribution is 0.897. The van der Waals surface area contributed by atoms with Gasteiger partial charge in [-0.3, -0.25) is 4.98 Å². The van der Waals surface area contributed by atoms with Crippen molar-refractivity contribution in [1.82, 2.24) is 14.8 Å². The van der Waals surface area contributed by atoms with Crippen LogP contribution in [0.4, 0.5) is 11.5 Å². The molecule has 0 amide bonds. The van der Waals surface area contributed by atoms with Gasteiger partial charge in [0.1, 0.15) is 0 Å². The number of anilines is 2. The van der Waals surface area contributed by atoms with E-state index in [1.165, 1.54) is 6.20 Å². The van der Waals surface area contributed by atoms with Crippen LogP contribution in [0.1, 0.15) is 0 Å². The molecule has 2 aromatic heterocycles. The fourth-order valence-electron chi connectivity index (χ4n) is 1.85. The van der Waals surface area contributed by atoms with E-state index in [4.69, 9.17) is 23.1 Å². The number of aromatic nitrogens is 3. The lowest BCUT2D eigenvalue weighted by Crippen LogP contribution is -2.04. The fourth-order valence-corrected chi connectivity index (χ4v) is 2.02. The number of rotatable bonds is 1. The molecule has 0 radical (unpaired) electrons. The van der Waals surface area contributed by atoms with Gasteiger partial charge in [0.15, 0.2) is 5.82 Å². The van der Waals surface area contributed by atoms with Crippen LogP contribution in [-0.2, 0) is 0 Å². The molecular weight excluding hydrogens is 250 g/mol. The molecule has 3 aromatic rings. The summed E-state index contributed by atoms with van der Waals surface area (Å²) in [6, 6.07) is 7.32. The third kappa shape index (κ3) is 1.56. The second-order valence-corrected chi connectivity index (χ2v) is 4.32. The quantitative estimate of drug-likeness (QED) is 0.702. The van der Waals surface area contributed by atoms with Crippen molar-refractivity contribution in [1.29, 1.82) is 0 Å². The molecule has 18 heavy (non-hydrogen) atoms. The van der Waals surface area contributed by atoms with Crippen LogP contribution in [-0.4, -0.2) is 14.8 Å². The van der Waals surface area contributed by atoms with Crippen LogP contribution in [0.3, 0.4) is 0 Å². The predicted octanol–water partition coefficient (Wildman–Crippen LogP) is 2.24. The van der Waals surface area contributed by atoms with E-state index in [1.54, 1.807) is 23.0 Å². The van der Waals surface area contributed by atoms with Crippen molar-refractivity contribution in [3.05, 3.63) is 41.7 Å². The minimum absolute atomic E-state index is 0.414. The molecule has 0 fully saturated rings. The Labute approximate surface area is 108 Å². The molecule has 90 valence electrons. The van der Waals surface area contributed by atoms with Gasteiger partial charge in [-0.05, 0) is 24.3 Å². The Morgan fingerprint density at radius 1 is 1.17 bits per heavy atom. The predicted molar refractivity (Wildman–Crippen MR) is 72.7 cm³/mol. The van der Waals surface area contributed by atoms with Gasteiger partial charge in [0.25, 0.3) is 0 Å². The average Bonchev–Trinajstić information content (AvgIpc) is 2.69. The van der Waals surface area contributed by atoms with E-state index in [9.17, 15) is 0 Å². The van der Waals surface area contributed by atoms with Gasteiger partial charge in [0.2, 0.25) is 0 Å². The minimum atomic E-state index is 0.414. The van der Waals surface area contributed by atoms with Gasteiger partial charge in [0.05, 0.1) is 23.1 Å². The highest BCUT2D eigenvalue weighted by molar-refractivity contribution is 6.31. The van der Waals surface area contributed by atoms with Gasteiger partial charge in [-0.15, -0.1) is 0 Å². The number of hydrogen-bond donors (Lipinski definition) is 2. The van der Waals surface area contributed by atoms with Gasteiger partial charge in [0, 0.05) is 16.6 Å². The van der Waals surface area contributed by atoms with Crippen LogP contribution in [0.2, 0.25) is 5.02 Å². The van der Waals surface area contributed by atoms with E-state index in [0.717, 1.165) is 16.6 Å². The normalized spacial score (nSPS) is 10.9. The number of halogens is 1. The molecule has 0 saturated carbocycles. The Bertz CT molecular complexity index is 734. The Kier molecular flexibility index (Phi) is 2.34. The molecule has 0 bridgehead atoms. The van der Waals surface area contributed by atoms with E-state index < -0.39 is 0 Å². The van der Waals surface area contributed by atoms with Crippen LogP contribution in [0, 0.1) is 0 Å². The van der Waals surface area contributed by atoms with E-state index in [-0.39, 0.29) is 0 Å². The smallest absolute Gasteiger partial charge is 0.150 e. The molecule has 5 nitrogen and oxygen atoms in total. The van der Waals surface area contributed by atoms with Crippen LogP contribution < -0.4 is 11.5 Å². The molecule has 6 heteroatoms. The zero-order valence-corrected chi connectivity index (χ0v) is 10.1. The van der Waals surface area contributed by atoms with E-state index in [0.29, 0.717) is 16.5 Å². The number of hydrogen-bond acceptors (Lipinski definition) is 4. The van der Waals surface area contributed by atoms with E-state index >= 15 is 0 Å². The first kappa shape index (κ1) is 10.9. The summed E-state index contributed by atoms with van der Waals surface area (Å²) in [7, 11) is 0. The van der Waals surface area contributed by atoms with Gasteiger partial charge < -0.3 is 11.5 Å². The zero-order chi connectivity index (χ0) is 12.7. The standard InChI is InChI=1S/C12H10ClN5/c13-7-1-2-8-10(5-7)16-4-3-11(8)18-12(15)9(14)6-17-18/h1-6H,14-15H2. The third-order valence-electron chi connectivity index (χ3n) is 2.75. The van der Waals surface area contributed by atoms with Crippen molar-refractivity contribution < 1.29 is 0 Å². The summed E-state index contributed by atoms with van der Waals surface area (Å²) in [5, 5.41) is 5.72. The summed E-state index contributed by atoms with van der Waals surface area (Å²) >= 11 is 5.95. The summed E-state index contributed by atoms with van der Waals surface area (Å²) in [6.45, 7) is 0. The van der Waals surface area contributed by atoms with Crippen LogP contribution in [0.15, 0.2) is 36.7 Å². The highest BCUT2D eigenvalue weighted by atomic mass is 35.5. The van der Waals surface area contributed by atoms with Crippen molar-refractivity contribution in [3.63, 3.8) is 0 Å². The van der Waals surface area contributed by atoms with Gasteiger partial charge in [-0.2, -0.15) is 5.10 Å². The monoisotopic (exact) mass is 259 g/mol. The molecule has 0 aliphatic heterocycles. The summed E-state index contributed by atoms with van der Waals surface area (Å²) in [4.78, 5) is 4.27. The van der Waals surface area contributed by atoms with Gasteiger partial charge >= 0.3 is 0 Å². The highest BCUT2D eigenvalue weighted by Crippen LogP contribution is 2.26. The molecule has 0 aliphatic carbocycles. The summed E-state index contributed by atoms with van der Waals surface area (Å²) < 4.78 is 1.59. The van der Waals surface area contributed by atoms with E-state index in [1.807, 2.05) is 12.1 Å². The molecule has 0 spiro atoms. The lowest BCUT2D eigenvalue weighted by Gasteiger charge is -2.08. The first-order valence-corrected chi connectivity index (χ1v) is 5.68. The molecule has 0 atom stereocenters. The first-order chi connectivity index (χ1) is 8.66. The third-order valence-corrected chi connectivity index (χ3v) is 2.98. The number of nitrogens with zero attached hydrogens (tertiary/aromatic N) is 3. The van der Waals surface area contributed by atoms with Crippen molar-refractivity contribution >= 4 is 34.0 Å². The Morgan fingerprint density at radius 2 is 2.00 bits per heavy atom. The number of fused-ring (bicyclic) bond motifs is 1. The molecule has 0 aliphatic rings. The van der Waals surface area contributed by atoms with Crippen molar-refractivity contribution in [2.24, 2.45) is 0 Å². The number of pyridine rings is 1. The van der Waals surface area contributed by atoms with Crippen LogP contribution in [0.5, 0.6) is 0 Å². The summed E-state index contributed by atoms with van der Waals surface area (Å²) in [5.74, 6) is 0.414. The lowest BCUT2D eigenvalue weighted by atomic mass is 10.2. The van der Waals surface area contributed by atoms with Crippen LogP contribution in [0.25, 0.3) is 16.6 Å². The fraction of sp³-hybridized carbons (Fsp3) is 0. The largest absolute Gasteiger partial charge is 0.394 e. The summed E-state index contributed by atoms with van der Waals surface area (Å²) in [5.41, 5.74) is 13.6. The SMILES string of the molecule is Nc1cnn(-c2ccnc3cc(Cl)ccc23)c1N. The van der Waals surface area contributed by atoms with Crippen molar-refractivity contribution in [2.45, 2.75) is 0 Å².